The minimum absolute atomic E-state index is 0.0497. The fourth-order valence-electron chi connectivity index (χ4n) is 4.18. The molecule has 3 N–H and O–H groups in total. The van der Waals surface area contributed by atoms with E-state index in [4.69, 9.17) is 0 Å². The number of rotatable bonds is 7. The molecule has 176 valence electrons. The number of nitrogens with one attached hydrogen (secondary N) is 3. The van der Waals surface area contributed by atoms with Gasteiger partial charge in [-0.05, 0) is 42.7 Å². The Morgan fingerprint density at radius 2 is 1.74 bits per heavy atom. The monoisotopic (exact) mass is 463 g/mol. The maximum Gasteiger partial charge on any atom is 0.344 e. The van der Waals surface area contributed by atoms with E-state index >= 15 is 0 Å². The summed E-state index contributed by atoms with van der Waals surface area (Å²) in [6.45, 7) is 1.98. The molecule has 2 aliphatic heterocycles. The SMILES string of the molecule is CC[C@@]1(c2ccccc2)NC(=O)N(NC(=O)CNC(=O)c2ccc(N3CCCC3=O)cc2)C1=O. The first-order valence-corrected chi connectivity index (χ1v) is 11.1. The second-order valence-corrected chi connectivity index (χ2v) is 8.11. The number of imide groups is 1. The number of urea groups is 1. The van der Waals surface area contributed by atoms with Gasteiger partial charge in [-0.25, -0.2) is 4.79 Å². The number of hydrogen-bond donors (Lipinski definition) is 3. The average molecular weight is 463 g/mol. The summed E-state index contributed by atoms with van der Waals surface area (Å²) in [5, 5.41) is 5.78. The van der Waals surface area contributed by atoms with Crippen LogP contribution in [0.4, 0.5) is 10.5 Å². The number of benzene rings is 2. The number of carbonyl (C=O) groups excluding carboxylic acids is 5. The highest BCUT2D eigenvalue weighted by Gasteiger charge is 2.52. The number of nitrogens with zero attached hydrogens (tertiary/aromatic N) is 2. The van der Waals surface area contributed by atoms with Crippen LogP contribution in [0, 0.1) is 0 Å². The second kappa shape index (κ2) is 9.34. The molecule has 10 nitrogen and oxygen atoms in total. The molecule has 0 spiro atoms. The molecule has 10 heteroatoms. The van der Waals surface area contributed by atoms with Crippen LogP contribution < -0.4 is 21.0 Å². The van der Waals surface area contributed by atoms with Crippen molar-refractivity contribution in [3.05, 3.63) is 65.7 Å². The van der Waals surface area contributed by atoms with Crippen LogP contribution in [-0.4, -0.2) is 47.8 Å². The molecular weight excluding hydrogens is 438 g/mol. The number of carbonyl (C=O) groups is 5. The Morgan fingerprint density at radius 3 is 2.35 bits per heavy atom. The lowest BCUT2D eigenvalue weighted by molar-refractivity contribution is -0.139. The number of hydrazine groups is 1. The smallest absolute Gasteiger partial charge is 0.343 e. The van der Waals surface area contributed by atoms with Crippen molar-refractivity contribution >= 4 is 35.3 Å². The van der Waals surface area contributed by atoms with Gasteiger partial charge in [-0.2, -0.15) is 5.01 Å². The van der Waals surface area contributed by atoms with Gasteiger partial charge in [-0.15, -0.1) is 0 Å². The number of amides is 6. The molecule has 2 aromatic rings. The van der Waals surface area contributed by atoms with Crippen molar-refractivity contribution in [2.45, 2.75) is 31.7 Å². The molecule has 1 atom stereocenters. The van der Waals surface area contributed by atoms with Crippen LogP contribution in [-0.2, 0) is 19.9 Å². The molecular formula is C24H25N5O5. The third kappa shape index (κ3) is 4.21. The average Bonchev–Trinajstić information content (AvgIpc) is 3.39. The first kappa shape index (κ1) is 23.0. The van der Waals surface area contributed by atoms with Crippen LogP contribution >= 0.6 is 0 Å². The lowest BCUT2D eigenvalue weighted by Gasteiger charge is -2.25. The maximum absolute atomic E-state index is 13.0. The lowest BCUT2D eigenvalue weighted by Crippen LogP contribution is -2.51. The quantitative estimate of drug-likeness (QED) is 0.535. The van der Waals surface area contributed by atoms with E-state index in [9.17, 15) is 24.0 Å². The summed E-state index contributed by atoms with van der Waals surface area (Å²) in [5.74, 6) is -1.78. The van der Waals surface area contributed by atoms with E-state index in [2.05, 4.69) is 16.1 Å². The van der Waals surface area contributed by atoms with Crippen LogP contribution in [0.3, 0.4) is 0 Å². The van der Waals surface area contributed by atoms with Gasteiger partial charge in [-0.3, -0.25) is 24.6 Å². The Bertz CT molecular complexity index is 1130. The van der Waals surface area contributed by atoms with E-state index in [-0.39, 0.29) is 5.91 Å². The molecule has 2 aliphatic rings. The van der Waals surface area contributed by atoms with Crippen molar-refractivity contribution in [2.75, 3.05) is 18.0 Å². The highest BCUT2D eigenvalue weighted by molar-refractivity contribution is 6.08. The van der Waals surface area contributed by atoms with Gasteiger partial charge in [0.2, 0.25) is 5.91 Å². The fraction of sp³-hybridized carbons (Fsp3) is 0.292. The second-order valence-electron chi connectivity index (χ2n) is 8.11. The molecule has 0 saturated carbocycles. The van der Waals surface area contributed by atoms with Crippen LogP contribution in [0.5, 0.6) is 0 Å². The van der Waals surface area contributed by atoms with Crippen molar-refractivity contribution in [1.82, 2.24) is 21.1 Å². The van der Waals surface area contributed by atoms with E-state index < -0.39 is 35.8 Å². The Hall–Kier alpha value is -4.21. The molecule has 0 radical (unpaired) electrons. The van der Waals surface area contributed by atoms with Crippen molar-refractivity contribution in [3.8, 4) is 0 Å². The molecule has 2 fully saturated rings. The van der Waals surface area contributed by atoms with Crippen LogP contribution in [0.1, 0.15) is 42.1 Å². The van der Waals surface area contributed by atoms with E-state index in [0.29, 0.717) is 41.2 Å². The largest absolute Gasteiger partial charge is 0.344 e. The van der Waals surface area contributed by atoms with E-state index in [1.807, 2.05) is 0 Å². The van der Waals surface area contributed by atoms with Crippen LogP contribution in [0.15, 0.2) is 54.6 Å². The fourth-order valence-corrected chi connectivity index (χ4v) is 4.18. The van der Waals surface area contributed by atoms with Gasteiger partial charge in [0.05, 0.1) is 6.54 Å². The van der Waals surface area contributed by atoms with Crippen LogP contribution in [0.25, 0.3) is 0 Å². The number of hydrogen-bond acceptors (Lipinski definition) is 5. The van der Waals surface area contributed by atoms with Crippen molar-refractivity contribution in [1.29, 1.82) is 0 Å². The van der Waals surface area contributed by atoms with Crippen molar-refractivity contribution in [2.24, 2.45) is 0 Å². The third-order valence-electron chi connectivity index (χ3n) is 6.05. The predicted molar refractivity (Wildman–Crippen MR) is 122 cm³/mol. The normalized spacial score (nSPS) is 19.9. The van der Waals surface area contributed by atoms with Gasteiger partial charge in [-0.1, -0.05) is 37.3 Å². The van der Waals surface area contributed by atoms with Gasteiger partial charge in [0, 0.05) is 24.2 Å². The zero-order valence-corrected chi connectivity index (χ0v) is 18.7. The summed E-state index contributed by atoms with van der Waals surface area (Å²) in [7, 11) is 0. The molecule has 6 amide bonds. The van der Waals surface area contributed by atoms with Gasteiger partial charge in [0.15, 0.2) is 0 Å². The molecule has 0 unspecified atom stereocenters. The van der Waals surface area contributed by atoms with Gasteiger partial charge >= 0.3 is 6.03 Å². The zero-order valence-electron chi connectivity index (χ0n) is 18.7. The maximum atomic E-state index is 13.0. The summed E-state index contributed by atoms with van der Waals surface area (Å²) in [5.41, 5.74) is 2.64. The molecule has 2 heterocycles. The molecule has 2 aromatic carbocycles. The van der Waals surface area contributed by atoms with E-state index in [1.165, 1.54) is 0 Å². The summed E-state index contributed by atoms with van der Waals surface area (Å²) in [6, 6.07) is 14.5. The topological polar surface area (TPSA) is 128 Å². The van der Waals surface area contributed by atoms with E-state index in [1.54, 1.807) is 66.4 Å². The van der Waals surface area contributed by atoms with Gasteiger partial charge < -0.3 is 15.5 Å². The molecule has 0 aromatic heterocycles. The molecule has 0 bridgehead atoms. The molecule has 34 heavy (non-hydrogen) atoms. The lowest BCUT2D eigenvalue weighted by atomic mass is 9.87. The molecule has 0 aliphatic carbocycles. The minimum atomic E-state index is -1.27. The third-order valence-corrected chi connectivity index (χ3v) is 6.05. The minimum Gasteiger partial charge on any atom is -0.343 e. The molecule has 4 rings (SSSR count). The van der Waals surface area contributed by atoms with Crippen molar-refractivity contribution < 1.29 is 24.0 Å². The highest BCUT2D eigenvalue weighted by Crippen LogP contribution is 2.31. The number of anilines is 1. The summed E-state index contributed by atoms with van der Waals surface area (Å²) < 4.78 is 0. The van der Waals surface area contributed by atoms with Gasteiger partial charge in [0.1, 0.15) is 5.54 Å². The van der Waals surface area contributed by atoms with Gasteiger partial charge in [0.25, 0.3) is 17.7 Å². The Kier molecular flexibility index (Phi) is 6.31. The molecule has 2 saturated heterocycles. The van der Waals surface area contributed by atoms with Crippen molar-refractivity contribution in [3.63, 3.8) is 0 Å². The Labute approximate surface area is 196 Å². The Balaban J connectivity index is 1.35. The standard InChI is InChI=1S/C24H25N5O5/c1-2-24(17-7-4-3-5-8-17)22(33)29(23(34)26-24)27-19(30)15-25-21(32)16-10-12-18(13-11-16)28-14-6-9-20(28)31/h3-5,7-8,10-13H,2,6,9,14-15H2,1H3,(H,25,32)(H,26,34)(H,27,30)/t24-/m0/s1. The predicted octanol–water partition coefficient (Wildman–Crippen LogP) is 1.43. The summed E-state index contributed by atoms with van der Waals surface area (Å²) in [6.07, 6.45) is 1.61. The summed E-state index contributed by atoms with van der Waals surface area (Å²) >= 11 is 0. The first-order valence-electron chi connectivity index (χ1n) is 11.1. The summed E-state index contributed by atoms with van der Waals surface area (Å²) in [4.78, 5) is 63.8. The van der Waals surface area contributed by atoms with Crippen LogP contribution in [0.2, 0.25) is 0 Å². The Morgan fingerprint density at radius 1 is 1.03 bits per heavy atom. The zero-order chi connectivity index (χ0) is 24.3. The van der Waals surface area contributed by atoms with E-state index in [0.717, 1.165) is 6.42 Å². The highest BCUT2D eigenvalue weighted by atomic mass is 16.2. The first-order chi connectivity index (χ1) is 16.4.